The molecule has 1 fully saturated rings. The van der Waals surface area contributed by atoms with E-state index in [9.17, 15) is 4.79 Å². The second-order valence-corrected chi connectivity index (χ2v) is 3.97. The average molecular weight is 215 g/mol. The van der Waals surface area contributed by atoms with E-state index >= 15 is 0 Å². The molecule has 1 saturated heterocycles. The highest BCUT2D eigenvalue weighted by atomic mass is 16.1. The quantitative estimate of drug-likeness (QED) is 0.749. The van der Waals surface area contributed by atoms with Gasteiger partial charge in [-0.05, 0) is 24.5 Å². The number of hydrogen-bond donors (Lipinski definition) is 0. The summed E-state index contributed by atoms with van der Waals surface area (Å²) in [5.74, 6) is 0. The highest BCUT2D eigenvalue weighted by Crippen LogP contribution is 2.30. The monoisotopic (exact) mass is 215 g/mol. The first-order chi connectivity index (χ1) is 7.88. The van der Waals surface area contributed by atoms with E-state index < -0.39 is 0 Å². The molecule has 2 aromatic heterocycles. The van der Waals surface area contributed by atoms with Crippen LogP contribution < -0.4 is 0 Å². The van der Waals surface area contributed by atoms with Gasteiger partial charge >= 0.3 is 6.41 Å². The number of fused-ring (bicyclic) bond motifs is 1. The van der Waals surface area contributed by atoms with Crippen molar-refractivity contribution < 1.29 is 4.79 Å². The van der Waals surface area contributed by atoms with Gasteiger partial charge in [0.05, 0.1) is 6.04 Å². The summed E-state index contributed by atoms with van der Waals surface area (Å²) in [6.07, 6.45) is 7.48. The third kappa shape index (κ3) is 1.36. The molecule has 0 aliphatic carbocycles. The molecule has 2 aromatic rings. The van der Waals surface area contributed by atoms with Gasteiger partial charge in [-0.15, -0.1) is 0 Å². The van der Waals surface area contributed by atoms with Gasteiger partial charge in [0.25, 0.3) is 0 Å². The Morgan fingerprint density at radius 1 is 1.44 bits per heavy atom. The molecule has 0 N–H and O–H groups in total. The fraction of sp³-hybridized carbons (Fsp3) is 0.364. The van der Waals surface area contributed by atoms with E-state index in [0.717, 1.165) is 30.6 Å². The van der Waals surface area contributed by atoms with Crippen molar-refractivity contribution in [2.75, 3.05) is 6.54 Å². The SMILES string of the molecule is O=[C]N1CCCC1c1ccc2ncnn2c1. The number of nitrogens with zero attached hydrogens (tertiary/aromatic N) is 4. The summed E-state index contributed by atoms with van der Waals surface area (Å²) < 4.78 is 1.73. The minimum absolute atomic E-state index is 0.145. The van der Waals surface area contributed by atoms with E-state index in [-0.39, 0.29) is 6.04 Å². The maximum Gasteiger partial charge on any atom is 0.312 e. The van der Waals surface area contributed by atoms with Crippen LogP contribution in [0, 0.1) is 0 Å². The molecule has 81 valence electrons. The van der Waals surface area contributed by atoms with Crippen molar-refractivity contribution in [1.29, 1.82) is 0 Å². The van der Waals surface area contributed by atoms with Gasteiger partial charge < -0.3 is 4.90 Å². The lowest BCUT2D eigenvalue weighted by atomic mass is 10.1. The Kier molecular flexibility index (Phi) is 2.09. The van der Waals surface area contributed by atoms with Crippen molar-refractivity contribution in [2.24, 2.45) is 0 Å². The lowest BCUT2D eigenvalue weighted by molar-refractivity contribution is 0.364. The van der Waals surface area contributed by atoms with E-state index in [1.807, 2.05) is 24.7 Å². The predicted molar refractivity (Wildman–Crippen MR) is 57.4 cm³/mol. The summed E-state index contributed by atoms with van der Waals surface area (Å²) in [5.41, 5.74) is 1.92. The van der Waals surface area contributed by atoms with Crippen LogP contribution in [0.1, 0.15) is 24.4 Å². The molecule has 5 heteroatoms. The fourth-order valence-corrected chi connectivity index (χ4v) is 2.25. The molecule has 3 rings (SSSR count). The van der Waals surface area contributed by atoms with Gasteiger partial charge in [0.15, 0.2) is 5.65 Å². The zero-order valence-corrected chi connectivity index (χ0v) is 8.71. The molecule has 1 atom stereocenters. The molecule has 0 saturated carbocycles. The summed E-state index contributed by atoms with van der Waals surface area (Å²) in [6, 6.07) is 4.07. The first kappa shape index (κ1) is 9.33. The Morgan fingerprint density at radius 2 is 2.38 bits per heavy atom. The molecule has 1 amide bonds. The van der Waals surface area contributed by atoms with E-state index in [1.54, 1.807) is 9.42 Å². The smallest absolute Gasteiger partial charge is 0.312 e. The van der Waals surface area contributed by atoms with Crippen molar-refractivity contribution in [1.82, 2.24) is 19.5 Å². The number of carbonyl (C=O) groups excluding carboxylic acids is 1. The van der Waals surface area contributed by atoms with Crippen molar-refractivity contribution in [3.8, 4) is 0 Å². The Bertz CT molecular complexity index is 521. The maximum atomic E-state index is 10.8. The van der Waals surface area contributed by atoms with Crippen LogP contribution in [-0.4, -0.2) is 32.5 Å². The highest BCUT2D eigenvalue weighted by molar-refractivity contribution is 5.51. The normalized spacial score (nSPS) is 20.5. The molecular weight excluding hydrogens is 204 g/mol. The van der Waals surface area contributed by atoms with E-state index in [0.29, 0.717) is 0 Å². The van der Waals surface area contributed by atoms with Gasteiger partial charge in [0.2, 0.25) is 0 Å². The van der Waals surface area contributed by atoms with Crippen LogP contribution in [0.2, 0.25) is 0 Å². The van der Waals surface area contributed by atoms with Gasteiger partial charge in [0, 0.05) is 12.7 Å². The molecule has 3 heterocycles. The second kappa shape index (κ2) is 3.59. The summed E-state index contributed by atoms with van der Waals surface area (Å²) in [7, 11) is 0. The molecule has 0 aromatic carbocycles. The Labute approximate surface area is 92.7 Å². The summed E-state index contributed by atoms with van der Waals surface area (Å²) in [4.78, 5) is 16.6. The van der Waals surface area contributed by atoms with E-state index in [4.69, 9.17) is 0 Å². The van der Waals surface area contributed by atoms with Gasteiger partial charge in [-0.25, -0.2) is 9.50 Å². The lowest BCUT2D eigenvalue weighted by Gasteiger charge is -2.18. The topological polar surface area (TPSA) is 50.5 Å². The van der Waals surface area contributed by atoms with Crippen LogP contribution >= 0.6 is 0 Å². The zero-order chi connectivity index (χ0) is 11.0. The number of hydrogen-bond acceptors (Lipinski definition) is 3. The molecule has 1 aliphatic heterocycles. The number of rotatable bonds is 2. The first-order valence-corrected chi connectivity index (χ1v) is 5.32. The molecule has 1 unspecified atom stereocenters. The molecule has 0 bridgehead atoms. The highest BCUT2D eigenvalue weighted by Gasteiger charge is 2.25. The van der Waals surface area contributed by atoms with Crippen molar-refractivity contribution in [3.05, 3.63) is 30.2 Å². The first-order valence-electron chi connectivity index (χ1n) is 5.32. The molecule has 16 heavy (non-hydrogen) atoms. The van der Waals surface area contributed by atoms with Crippen molar-refractivity contribution >= 4 is 12.1 Å². The van der Waals surface area contributed by atoms with Crippen LogP contribution in [0.4, 0.5) is 0 Å². The molecule has 1 aliphatic rings. The van der Waals surface area contributed by atoms with Gasteiger partial charge in [0.1, 0.15) is 6.33 Å². The van der Waals surface area contributed by atoms with Crippen LogP contribution in [0.15, 0.2) is 24.7 Å². The lowest BCUT2D eigenvalue weighted by Crippen LogP contribution is -2.21. The maximum absolute atomic E-state index is 10.8. The molecule has 5 nitrogen and oxygen atoms in total. The van der Waals surface area contributed by atoms with Crippen LogP contribution in [0.25, 0.3) is 5.65 Å². The number of pyridine rings is 1. The third-order valence-electron chi connectivity index (χ3n) is 3.05. The van der Waals surface area contributed by atoms with Gasteiger partial charge in [-0.3, -0.25) is 4.79 Å². The number of aromatic nitrogens is 3. The Morgan fingerprint density at radius 3 is 3.25 bits per heavy atom. The van der Waals surface area contributed by atoms with E-state index in [2.05, 4.69) is 10.1 Å². The number of likely N-dealkylation sites (tertiary alicyclic amines) is 1. The Balaban J connectivity index is 2.01. The largest absolute Gasteiger partial charge is 0.327 e. The Hall–Kier alpha value is -1.91. The van der Waals surface area contributed by atoms with Crippen LogP contribution in [-0.2, 0) is 4.79 Å². The second-order valence-electron chi connectivity index (χ2n) is 3.97. The summed E-state index contributed by atoms with van der Waals surface area (Å²) in [6.45, 7) is 0.795. The van der Waals surface area contributed by atoms with Crippen LogP contribution in [0.5, 0.6) is 0 Å². The summed E-state index contributed by atoms with van der Waals surface area (Å²) in [5, 5.41) is 4.09. The average Bonchev–Trinajstić information content (AvgIpc) is 2.96. The van der Waals surface area contributed by atoms with Crippen molar-refractivity contribution in [2.45, 2.75) is 18.9 Å². The van der Waals surface area contributed by atoms with Gasteiger partial charge in [-0.2, -0.15) is 5.10 Å². The van der Waals surface area contributed by atoms with Crippen molar-refractivity contribution in [3.63, 3.8) is 0 Å². The predicted octanol–water partition coefficient (Wildman–Crippen LogP) is 0.933. The minimum atomic E-state index is 0.145. The molecule has 1 radical (unpaired) electrons. The van der Waals surface area contributed by atoms with Crippen LogP contribution in [0.3, 0.4) is 0 Å². The number of amides is 1. The van der Waals surface area contributed by atoms with Gasteiger partial charge in [-0.1, -0.05) is 6.07 Å². The molecule has 0 spiro atoms. The third-order valence-corrected chi connectivity index (χ3v) is 3.05. The standard InChI is InChI=1S/C11H11N4O/c16-8-14-5-1-2-10(14)9-3-4-11-12-7-13-15(11)6-9/h3-4,6-7,10H,1-2,5H2. The fourth-order valence-electron chi connectivity index (χ4n) is 2.25. The zero-order valence-electron chi connectivity index (χ0n) is 8.71. The van der Waals surface area contributed by atoms with E-state index in [1.165, 1.54) is 6.33 Å². The minimum Gasteiger partial charge on any atom is -0.327 e. The molecular formula is C11H11N4O. The summed E-state index contributed by atoms with van der Waals surface area (Å²) >= 11 is 0.